The molecule has 8 nitrogen and oxygen atoms in total. The van der Waals surface area contributed by atoms with Crippen LogP contribution in [0.1, 0.15) is 83.2 Å². The maximum Gasteiger partial charge on any atom is 0.275 e. The minimum atomic E-state index is -0.288. The number of fused-ring (bicyclic) bond motifs is 1. The quantitative estimate of drug-likeness (QED) is 0.385. The fourth-order valence-corrected chi connectivity index (χ4v) is 5.18. The van der Waals surface area contributed by atoms with Crippen LogP contribution < -0.4 is 5.32 Å². The van der Waals surface area contributed by atoms with Crippen molar-refractivity contribution in [2.24, 2.45) is 4.99 Å². The van der Waals surface area contributed by atoms with E-state index < -0.39 is 0 Å². The summed E-state index contributed by atoms with van der Waals surface area (Å²) in [6.45, 7) is 4.12. The molecule has 190 valence electrons. The summed E-state index contributed by atoms with van der Waals surface area (Å²) in [7, 11) is 0. The van der Waals surface area contributed by atoms with E-state index in [2.05, 4.69) is 58.2 Å². The third-order valence-corrected chi connectivity index (χ3v) is 7.84. The second-order valence-corrected chi connectivity index (χ2v) is 10.7. The van der Waals surface area contributed by atoms with Crippen LogP contribution in [-0.2, 0) is 0 Å². The summed E-state index contributed by atoms with van der Waals surface area (Å²) in [6.07, 6.45) is 13.0. The summed E-state index contributed by atoms with van der Waals surface area (Å²) in [4.78, 5) is 27.9. The minimum Gasteiger partial charge on any atom is -0.313 e. The van der Waals surface area contributed by atoms with Crippen molar-refractivity contribution in [2.45, 2.75) is 64.0 Å². The molecule has 0 radical (unpaired) electrons. The molecule has 1 amide bonds. The van der Waals surface area contributed by atoms with Crippen molar-refractivity contribution >= 4 is 22.6 Å². The van der Waals surface area contributed by atoms with Crippen LogP contribution in [0.5, 0.6) is 0 Å². The van der Waals surface area contributed by atoms with E-state index in [9.17, 15) is 4.79 Å². The number of aromatic nitrogens is 5. The minimum absolute atomic E-state index is 0.167. The predicted octanol–water partition coefficient (Wildman–Crippen LogP) is 5.55. The van der Waals surface area contributed by atoms with Crippen LogP contribution in [0.4, 0.5) is 0 Å². The van der Waals surface area contributed by atoms with Gasteiger partial charge >= 0.3 is 0 Å². The Bertz CT molecular complexity index is 1620. The highest BCUT2D eigenvalue weighted by Gasteiger charge is 2.30. The van der Waals surface area contributed by atoms with Crippen LogP contribution in [0.2, 0.25) is 0 Å². The number of aryl methyl sites for hydroxylation is 2. The van der Waals surface area contributed by atoms with Crippen molar-refractivity contribution in [3.63, 3.8) is 0 Å². The summed E-state index contributed by atoms with van der Waals surface area (Å²) in [6, 6.07) is 10.6. The van der Waals surface area contributed by atoms with Crippen LogP contribution in [-0.4, -0.2) is 36.5 Å². The number of dihydropyridines is 1. The molecule has 2 aliphatic carbocycles. The van der Waals surface area contributed by atoms with Gasteiger partial charge in [-0.2, -0.15) is 0 Å². The van der Waals surface area contributed by atoms with E-state index >= 15 is 0 Å². The molecule has 1 unspecified atom stereocenters. The lowest BCUT2D eigenvalue weighted by Crippen LogP contribution is -2.31. The monoisotopic (exact) mass is 503 g/mol. The number of hydrogen-bond acceptors (Lipinski definition) is 6. The maximum atomic E-state index is 13.5. The number of nitrogens with one attached hydrogen (secondary N) is 1. The zero-order chi connectivity index (χ0) is 25.8. The molecule has 7 rings (SSSR count). The standard InChI is InChI=1S/C30H29N7O/c1-17-6-12-22-23(20-9-13-24(31-15-20)19-7-8-19)14-26(34-28(22)18(17)2)30(38)35-27-5-3-4-25(33-27)29-36-32-16-37(29)21-10-11-21/h3,5-6,9,12-16,19,21,25H,4,7-8,10-11H2,1-2H3,(H,33,35,38). The smallest absolute Gasteiger partial charge is 0.275 e. The molecular formula is C30H29N7O. The lowest BCUT2D eigenvalue weighted by Gasteiger charge is -2.17. The second-order valence-electron chi connectivity index (χ2n) is 10.7. The molecule has 2 saturated carbocycles. The van der Waals surface area contributed by atoms with Gasteiger partial charge in [-0.15, -0.1) is 10.2 Å². The Morgan fingerprint density at radius 3 is 2.71 bits per heavy atom. The van der Waals surface area contributed by atoms with Gasteiger partial charge in [0.1, 0.15) is 23.9 Å². The maximum absolute atomic E-state index is 13.5. The molecule has 8 heteroatoms. The average molecular weight is 504 g/mol. The highest BCUT2D eigenvalue weighted by atomic mass is 16.1. The van der Waals surface area contributed by atoms with Gasteiger partial charge in [0.15, 0.2) is 5.82 Å². The summed E-state index contributed by atoms with van der Waals surface area (Å²) < 4.78 is 2.12. The number of amides is 1. The second kappa shape index (κ2) is 8.97. The largest absolute Gasteiger partial charge is 0.313 e. The zero-order valence-electron chi connectivity index (χ0n) is 21.6. The van der Waals surface area contributed by atoms with Gasteiger partial charge in [-0.05, 0) is 80.9 Å². The van der Waals surface area contributed by atoms with Gasteiger partial charge < -0.3 is 9.88 Å². The lowest BCUT2D eigenvalue weighted by atomic mass is 9.97. The third kappa shape index (κ3) is 4.20. The number of benzene rings is 1. The molecule has 0 bridgehead atoms. The highest BCUT2D eigenvalue weighted by Crippen LogP contribution is 2.40. The number of hydrogen-bond donors (Lipinski definition) is 1. The van der Waals surface area contributed by atoms with Crippen LogP contribution in [0.25, 0.3) is 22.0 Å². The number of aliphatic imine (C=N–C) groups is 1. The zero-order valence-corrected chi connectivity index (χ0v) is 21.6. The molecule has 1 atom stereocenters. The number of pyridine rings is 2. The number of amidine groups is 1. The predicted molar refractivity (Wildman–Crippen MR) is 146 cm³/mol. The Morgan fingerprint density at radius 1 is 1.08 bits per heavy atom. The van der Waals surface area contributed by atoms with E-state index in [-0.39, 0.29) is 11.9 Å². The van der Waals surface area contributed by atoms with Gasteiger partial charge in [0.25, 0.3) is 5.91 Å². The van der Waals surface area contributed by atoms with E-state index in [1.54, 1.807) is 6.33 Å². The molecule has 3 aliphatic rings. The topological polar surface area (TPSA) is 98.0 Å². The molecular weight excluding hydrogens is 474 g/mol. The summed E-state index contributed by atoms with van der Waals surface area (Å²) >= 11 is 0. The highest BCUT2D eigenvalue weighted by molar-refractivity contribution is 6.11. The van der Waals surface area contributed by atoms with Crippen LogP contribution >= 0.6 is 0 Å². The van der Waals surface area contributed by atoms with E-state index in [0.717, 1.165) is 63.9 Å². The van der Waals surface area contributed by atoms with Gasteiger partial charge in [-0.1, -0.05) is 24.3 Å². The van der Waals surface area contributed by atoms with Gasteiger partial charge in [0.2, 0.25) is 0 Å². The first kappa shape index (κ1) is 23.0. The van der Waals surface area contributed by atoms with E-state index in [1.165, 1.54) is 12.8 Å². The van der Waals surface area contributed by atoms with Gasteiger partial charge in [-0.3, -0.25) is 14.8 Å². The Kier molecular flexibility index (Phi) is 5.42. The van der Waals surface area contributed by atoms with Crippen molar-refractivity contribution < 1.29 is 4.79 Å². The third-order valence-electron chi connectivity index (χ3n) is 7.84. The van der Waals surface area contributed by atoms with Gasteiger partial charge in [0.05, 0.1) is 5.52 Å². The van der Waals surface area contributed by atoms with Crippen molar-refractivity contribution in [1.82, 2.24) is 30.0 Å². The first-order chi connectivity index (χ1) is 18.5. The van der Waals surface area contributed by atoms with Crippen molar-refractivity contribution in [3.8, 4) is 11.1 Å². The SMILES string of the molecule is Cc1ccc2c(-c3ccc(C4CC4)nc3)cc(C(=O)NC3=NC(c4nncn4C4CC4)CC=C3)nc2c1C. The molecule has 1 aliphatic heterocycles. The van der Waals surface area contributed by atoms with E-state index in [0.29, 0.717) is 23.5 Å². The van der Waals surface area contributed by atoms with Crippen LogP contribution in [0, 0.1) is 13.8 Å². The summed E-state index contributed by atoms with van der Waals surface area (Å²) in [5, 5.41) is 12.4. The fraction of sp³-hybridized carbons (Fsp3) is 0.333. The van der Waals surface area contributed by atoms with Crippen molar-refractivity contribution in [2.75, 3.05) is 0 Å². The molecule has 4 heterocycles. The van der Waals surface area contributed by atoms with E-state index in [1.807, 2.05) is 24.4 Å². The fourth-order valence-electron chi connectivity index (χ4n) is 5.18. The van der Waals surface area contributed by atoms with Crippen LogP contribution in [0.3, 0.4) is 0 Å². The van der Waals surface area contributed by atoms with Crippen molar-refractivity contribution in [1.29, 1.82) is 0 Å². The van der Waals surface area contributed by atoms with E-state index in [4.69, 9.17) is 15.0 Å². The first-order valence-electron chi connectivity index (χ1n) is 13.4. The molecule has 38 heavy (non-hydrogen) atoms. The molecule has 4 aromatic rings. The average Bonchev–Trinajstić information content (AvgIpc) is 3.89. The normalized spacial score (nSPS) is 19.0. The van der Waals surface area contributed by atoms with Crippen molar-refractivity contribution in [3.05, 3.63) is 83.3 Å². The Morgan fingerprint density at radius 2 is 1.95 bits per heavy atom. The summed E-state index contributed by atoms with van der Waals surface area (Å²) in [5.74, 6) is 1.67. The van der Waals surface area contributed by atoms with Gasteiger partial charge in [-0.25, -0.2) is 4.98 Å². The number of rotatable bonds is 5. The molecule has 1 N–H and O–H groups in total. The molecule has 0 spiro atoms. The Balaban J connectivity index is 1.23. The Labute approximate surface area is 221 Å². The van der Waals surface area contributed by atoms with Gasteiger partial charge in [0, 0.05) is 34.8 Å². The lowest BCUT2D eigenvalue weighted by molar-refractivity contribution is 0.0972. The summed E-state index contributed by atoms with van der Waals surface area (Å²) in [5.41, 5.74) is 6.46. The molecule has 3 aromatic heterocycles. The molecule has 2 fully saturated rings. The van der Waals surface area contributed by atoms with Crippen LogP contribution in [0.15, 0.2) is 60.0 Å². The number of carbonyl (C=O) groups excluding carboxylic acids is 1. The Hall–Kier alpha value is -4.20. The number of nitrogens with zero attached hydrogens (tertiary/aromatic N) is 6. The first-order valence-corrected chi connectivity index (χ1v) is 13.4. The molecule has 0 saturated heterocycles. The number of carbonyl (C=O) groups is 1. The molecule has 1 aromatic carbocycles.